The average molecular weight is 260 g/mol. The molecule has 0 aromatic carbocycles. The van der Waals surface area contributed by atoms with E-state index in [2.05, 4.69) is 13.8 Å². The second-order valence-electron chi connectivity index (χ2n) is 1.52. The van der Waals surface area contributed by atoms with Gasteiger partial charge in [-0.1, -0.05) is 0 Å². The van der Waals surface area contributed by atoms with E-state index >= 15 is 0 Å². The van der Waals surface area contributed by atoms with Crippen LogP contribution in [0.3, 0.4) is 0 Å². The molecule has 0 rings (SSSR count). The Balaban J connectivity index is 3.64. The predicted octanol–water partition coefficient (Wildman–Crippen LogP) is 0.713. The Bertz CT molecular complexity index is 95.0. The van der Waals surface area contributed by atoms with Crippen molar-refractivity contribution in [1.29, 1.82) is 0 Å². The van der Waals surface area contributed by atoms with Crippen molar-refractivity contribution in [2.75, 3.05) is 13.1 Å². The first-order chi connectivity index (χ1) is 4.26. The molecule has 0 saturated carbocycles. The molecule has 0 aliphatic carbocycles. The second-order valence-corrected chi connectivity index (χ2v) is 2.35. The van der Waals surface area contributed by atoms with Gasteiger partial charge in [0.15, 0.2) is 0 Å². The molecule has 0 aromatic rings. The summed E-state index contributed by atoms with van der Waals surface area (Å²) in [6, 6.07) is 0. The van der Waals surface area contributed by atoms with Crippen molar-refractivity contribution >= 4 is 40.1 Å². The Hall–Kier alpha value is 0.480. The molecule has 0 amide bonds. The molecule has 0 heterocycles. The molecule has 53 valence electrons. The van der Waals surface area contributed by atoms with Crippen molar-refractivity contribution in [3.8, 4) is 0 Å². The van der Waals surface area contributed by atoms with Gasteiger partial charge in [0.25, 0.3) is 0 Å². The third kappa shape index (κ3) is 3.24. The fourth-order valence-corrected chi connectivity index (χ4v) is 1.09. The summed E-state index contributed by atoms with van der Waals surface area (Å²) in [5.74, 6) is 0. The maximum atomic E-state index is 4.88. The molecule has 0 saturated heterocycles. The molecule has 0 unspecified atom stereocenters. The molecule has 0 spiro atoms. The summed E-state index contributed by atoms with van der Waals surface area (Å²) in [4.78, 5) is 1.98. The molecule has 0 bridgehead atoms. The molecule has 9 heavy (non-hydrogen) atoms. The van der Waals surface area contributed by atoms with Gasteiger partial charge in [-0.15, -0.1) is 0 Å². The van der Waals surface area contributed by atoms with Crippen molar-refractivity contribution in [3.63, 3.8) is 0 Å². The molecule has 4 heteroatoms. The van der Waals surface area contributed by atoms with Gasteiger partial charge in [-0.05, 0) is 0 Å². The topological polar surface area (TPSA) is 12.5 Å². The summed E-state index contributed by atoms with van der Waals surface area (Å²) in [6.45, 7) is 5.95. The minimum atomic E-state index is 0.588. The van der Waals surface area contributed by atoms with Crippen LogP contribution in [0.5, 0.6) is 0 Å². The minimum absolute atomic E-state index is 0.588. The van der Waals surface area contributed by atoms with Gasteiger partial charge < -0.3 is 0 Å². The molecule has 0 fully saturated rings. The van der Waals surface area contributed by atoms with Crippen molar-refractivity contribution in [1.82, 2.24) is 4.90 Å². The molecule has 0 N–H and O–H groups in total. The van der Waals surface area contributed by atoms with Gasteiger partial charge in [0.2, 0.25) is 0 Å². The van der Waals surface area contributed by atoms with Crippen LogP contribution in [0.4, 0.5) is 0 Å². The number of hydrogen-bond donors (Lipinski definition) is 0. The molecular formula is C5H10NOSTe. The van der Waals surface area contributed by atoms with E-state index < -0.39 is 0 Å². The molecule has 1 radical (unpaired) electrons. The molecule has 0 aliphatic heterocycles. The summed E-state index contributed by atoms with van der Waals surface area (Å²) in [6.07, 6.45) is 0. The zero-order valence-electron chi connectivity index (χ0n) is 5.59. The number of nitrogens with zero attached hydrogens (tertiary/aromatic N) is 1. The van der Waals surface area contributed by atoms with Crippen LogP contribution in [-0.4, -0.2) is 45.9 Å². The van der Waals surface area contributed by atoms with Crippen LogP contribution >= 0.6 is 12.2 Å². The number of rotatable bonds is 2. The van der Waals surface area contributed by atoms with E-state index in [1.807, 2.05) is 4.90 Å². The Labute approximate surface area is 75.0 Å². The first-order valence-corrected chi connectivity index (χ1v) is 4.20. The molecular weight excluding hydrogens is 250 g/mol. The standard InChI is InChI=1S/C5H10NOSTe/c1-3-6(4-2)5(8)7-9/h3-4H2,1-2H3. The van der Waals surface area contributed by atoms with Gasteiger partial charge in [0.1, 0.15) is 0 Å². The summed E-state index contributed by atoms with van der Waals surface area (Å²) in [5, 5.41) is 0.588. The van der Waals surface area contributed by atoms with Crippen molar-refractivity contribution in [2.24, 2.45) is 0 Å². The van der Waals surface area contributed by atoms with Gasteiger partial charge >= 0.3 is 75.0 Å². The Morgan fingerprint density at radius 3 is 2.11 bits per heavy atom. The van der Waals surface area contributed by atoms with Crippen LogP contribution < -0.4 is 0 Å². The summed E-state index contributed by atoms with van der Waals surface area (Å²) in [7, 11) is 0. The van der Waals surface area contributed by atoms with E-state index in [4.69, 9.17) is 15.3 Å². The van der Waals surface area contributed by atoms with Gasteiger partial charge in [-0.25, -0.2) is 0 Å². The van der Waals surface area contributed by atoms with Crippen molar-refractivity contribution in [2.45, 2.75) is 13.8 Å². The summed E-state index contributed by atoms with van der Waals surface area (Å²) < 4.78 is 4.86. The first kappa shape index (κ1) is 9.48. The summed E-state index contributed by atoms with van der Waals surface area (Å²) >= 11 is 6.41. The number of thiocarbonyl (C=S) groups is 1. The first-order valence-electron chi connectivity index (χ1n) is 2.85. The van der Waals surface area contributed by atoms with Crippen molar-refractivity contribution in [3.05, 3.63) is 0 Å². The predicted molar refractivity (Wildman–Crippen MR) is 42.4 cm³/mol. The van der Waals surface area contributed by atoms with Gasteiger partial charge in [-0.3, -0.25) is 0 Å². The molecule has 0 atom stereocenters. The SMILES string of the molecule is CCN(CC)C(=S)O[Te]. The van der Waals surface area contributed by atoms with Crippen LogP contribution in [0.15, 0.2) is 0 Å². The van der Waals surface area contributed by atoms with Crippen LogP contribution in [0.2, 0.25) is 0 Å². The molecule has 0 aliphatic rings. The van der Waals surface area contributed by atoms with Gasteiger partial charge in [0.05, 0.1) is 0 Å². The van der Waals surface area contributed by atoms with E-state index in [1.165, 1.54) is 22.7 Å². The maximum absolute atomic E-state index is 4.88. The van der Waals surface area contributed by atoms with Crippen LogP contribution in [0.1, 0.15) is 13.8 Å². The normalized spacial score (nSPS) is 8.78. The van der Waals surface area contributed by atoms with E-state index in [0.717, 1.165) is 13.1 Å². The zero-order valence-corrected chi connectivity index (χ0v) is 8.73. The fourth-order valence-electron chi connectivity index (χ4n) is 0.535. The van der Waals surface area contributed by atoms with E-state index in [0.29, 0.717) is 5.17 Å². The summed E-state index contributed by atoms with van der Waals surface area (Å²) in [5.41, 5.74) is 0. The van der Waals surface area contributed by atoms with Crippen LogP contribution in [-0.2, 0) is 3.10 Å². The quantitative estimate of drug-likeness (QED) is 0.536. The second kappa shape index (κ2) is 5.28. The Morgan fingerprint density at radius 1 is 1.56 bits per heavy atom. The van der Waals surface area contributed by atoms with Crippen LogP contribution in [0, 0.1) is 0 Å². The third-order valence-corrected chi connectivity index (χ3v) is 2.21. The van der Waals surface area contributed by atoms with Gasteiger partial charge in [0, 0.05) is 0 Å². The zero-order chi connectivity index (χ0) is 7.28. The fraction of sp³-hybridized carbons (Fsp3) is 0.800. The van der Waals surface area contributed by atoms with Gasteiger partial charge in [-0.2, -0.15) is 0 Å². The Kier molecular flexibility index (Phi) is 5.56. The monoisotopic (exact) mass is 262 g/mol. The Morgan fingerprint density at radius 2 is 2.00 bits per heavy atom. The number of hydrogen-bond acceptors (Lipinski definition) is 2. The average Bonchev–Trinajstić information content (AvgIpc) is 1.90. The van der Waals surface area contributed by atoms with E-state index in [9.17, 15) is 0 Å². The molecule has 0 aromatic heterocycles. The van der Waals surface area contributed by atoms with Crippen molar-refractivity contribution < 1.29 is 3.10 Å². The van der Waals surface area contributed by atoms with E-state index in [-0.39, 0.29) is 0 Å². The van der Waals surface area contributed by atoms with E-state index in [1.54, 1.807) is 0 Å². The molecule has 2 nitrogen and oxygen atoms in total. The van der Waals surface area contributed by atoms with Crippen LogP contribution in [0.25, 0.3) is 0 Å². The third-order valence-electron chi connectivity index (χ3n) is 1.09.